The highest BCUT2D eigenvalue weighted by Crippen LogP contribution is 2.24. The lowest BCUT2D eigenvalue weighted by Crippen LogP contribution is -2.36. The Morgan fingerprint density at radius 1 is 1.15 bits per heavy atom. The second-order valence-electron chi connectivity index (χ2n) is 5.97. The van der Waals surface area contributed by atoms with Gasteiger partial charge in [-0.3, -0.25) is 9.78 Å². The van der Waals surface area contributed by atoms with Crippen molar-refractivity contribution >= 4 is 23.0 Å². The van der Waals surface area contributed by atoms with Crippen molar-refractivity contribution in [3.8, 4) is 0 Å². The van der Waals surface area contributed by atoms with E-state index in [9.17, 15) is 18.0 Å². The summed E-state index contributed by atoms with van der Waals surface area (Å²) in [5.41, 5.74) is 1.48. The Balaban J connectivity index is 1.72. The average molecular weight is 380 g/mol. The third-order valence-corrected chi connectivity index (χ3v) is 4.01. The zero-order valence-electron chi connectivity index (χ0n) is 14.4. The van der Waals surface area contributed by atoms with Crippen molar-refractivity contribution in [3.63, 3.8) is 0 Å². The number of rotatable bonds is 5. The van der Waals surface area contributed by atoms with E-state index >= 15 is 0 Å². The van der Waals surface area contributed by atoms with Crippen molar-refractivity contribution in [2.45, 2.75) is 6.18 Å². The molecule has 1 saturated heterocycles. The van der Waals surface area contributed by atoms with Crippen LogP contribution in [0.4, 0.5) is 30.2 Å². The first-order valence-corrected chi connectivity index (χ1v) is 8.42. The molecule has 0 radical (unpaired) electrons. The molecule has 0 unspecified atom stereocenters. The van der Waals surface area contributed by atoms with Gasteiger partial charge >= 0.3 is 6.18 Å². The van der Waals surface area contributed by atoms with E-state index in [0.717, 1.165) is 18.8 Å². The summed E-state index contributed by atoms with van der Waals surface area (Å²) in [4.78, 5) is 18.7. The highest BCUT2D eigenvalue weighted by molar-refractivity contribution is 6.05. The van der Waals surface area contributed by atoms with Crippen LogP contribution in [0.15, 0.2) is 42.6 Å². The molecular weight excluding hydrogens is 361 g/mol. The number of morpholine rings is 1. The summed E-state index contributed by atoms with van der Waals surface area (Å²) in [5, 5.41) is 4.91. The molecule has 144 valence electrons. The van der Waals surface area contributed by atoms with Crippen molar-refractivity contribution in [1.29, 1.82) is 0 Å². The molecular formula is C18H19F3N4O2. The number of nitrogens with zero attached hydrogens (tertiary/aromatic N) is 2. The van der Waals surface area contributed by atoms with Crippen molar-refractivity contribution in [3.05, 3.63) is 48.3 Å². The van der Waals surface area contributed by atoms with Crippen molar-refractivity contribution < 1.29 is 22.7 Å². The summed E-state index contributed by atoms with van der Waals surface area (Å²) in [6.45, 7) is 1.47. The molecule has 1 fully saturated rings. The first kappa shape index (κ1) is 19.0. The average Bonchev–Trinajstić information content (AvgIpc) is 2.67. The largest absolute Gasteiger partial charge is 0.405 e. The van der Waals surface area contributed by atoms with Crippen molar-refractivity contribution in [1.82, 2.24) is 4.98 Å². The minimum atomic E-state index is -4.36. The number of anilines is 3. The maximum absolute atomic E-state index is 12.5. The molecule has 2 aromatic rings. The number of para-hydroxylation sites is 2. The number of hydrogen-bond donors (Lipinski definition) is 2. The zero-order valence-corrected chi connectivity index (χ0v) is 14.4. The summed E-state index contributed by atoms with van der Waals surface area (Å²) in [6.07, 6.45) is -2.82. The fourth-order valence-electron chi connectivity index (χ4n) is 2.69. The maximum atomic E-state index is 12.5. The highest BCUT2D eigenvalue weighted by atomic mass is 19.4. The molecule has 3 rings (SSSR count). The molecule has 1 amide bonds. The maximum Gasteiger partial charge on any atom is 0.405 e. The highest BCUT2D eigenvalue weighted by Gasteiger charge is 2.27. The minimum absolute atomic E-state index is 0.185. The number of benzene rings is 1. The van der Waals surface area contributed by atoms with Crippen LogP contribution < -0.4 is 15.5 Å². The second kappa shape index (κ2) is 8.26. The summed E-state index contributed by atoms with van der Waals surface area (Å²) >= 11 is 0. The molecule has 0 spiro atoms. The third-order valence-electron chi connectivity index (χ3n) is 4.01. The van der Waals surface area contributed by atoms with Gasteiger partial charge in [-0.05, 0) is 24.3 Å². The number of alkyl halides is 3. The number of nitrogens with one attached hydrogen (secondary N) is 2. The van der Waals surface area contributed by atoms with Gasteiger partial charge < -0.3 is 20.3 Å². The SMILES string of the molecule is O=C(Nc1ccccc1NCC(F)(F)F)c1cc(N2CCOCC2)ccn1. The van der Waals surface area contributed by atoms with Crippen LogP contribution in [-0.2, 0) is 4.74 Å². The van der Waals surface area contributed by atoms with E-state index in [1.165, 1.54) is 18.3 Å². The quantitative estimate of drug-likeness (QED) is 0.834. The Morgan fingerprint density at radius 2 is 1.85 bits per heavy atom. The molecule has 2 N–H and O–H groups in total. The Kier molecular flexibility index (Phi) is 5.80. The van der Waals surface area contributed by atoms with Crippen LogP contribution in [0.5, 0.6) is 0 Å². The van der Waals surface area contributed by atoms with Crippen LogP contribution in [0.1, 0.15) is 10.5 Å². The molecule has 0 bridgehead atoms. The number of aromatic nitrogens is 1. The lowest BCUT2D eigenvalue weighted by molar-refractivity contribution is -0.115. The Bertz CT molecular complexity index is 792. The molecule has 0 saturated carbocycles. The number of carbonyl (C=O) groups is 1. The summed E-state index contributed by atoms with van der Waals surface area (Å²) in [6, 6.07) is 9.69. The lowest BCUT2D eigenvalue weighted by Gasteiger charge is -2.28. The first-order chi connectivity index (χ1) is 12.9. The molecule has 1 aromatic carbocycles. The number of amides is 1. The van der Waals surface area contributed by atoms with Gasteiger partial charge in [0, 0.05) is 25.0 Å². The topological polar surface area (TPSA) is 66.5 Å². The Labute approximate surface area is 154 Å². The predicted molar refractivity (Wildman–Crippen MR) is 96.2 cm³/mol. The van der Waals surface area contributed by atoms with Crippen LogP contribution in [0.25, 0.3) is 0 Å². The molecule has 9 heteroatoms. The fraction of sp³-hybridized carbons (Fsp3) is 0.333. The summed E-state index contributed by atoms with van der Waals surface area (Å²) in [5.74, 6) is -0.494. The van der Waals surface area contributed by atoms with E-state index in [1.54, 1.807) is 24.3 Å². The standard InChI is InChI=1S/C18H19F3N4O2/c19-18(20,21)12-23-14-3-1-2-4-15(14)24-17(26)16-11-13(5-6-22-16)25-7-9-27-10-8-25/h1-6,11,23H,7-10,12H2,(H,24,26). The predicted octanol–water partition coefficient (Wildman–Crippen LogP) is 3.14. The van der Waals surface area contributed by atoms with E-state index in [1.807, 2.05) is 0 Å². The first-order valence-electron chi connectivity index (χ1n) is 8.42. The number of hydrogen-bond acceptors (Lipinski definition) is 5. The van der Waals surface area contributed by atoms with Crippen LogP contribution in [0.2, 0.25) is 0 Å². The number of carbonyl (C=O) groups excluding carboxylic acids is 1. The Morgan fingerprint density at radius 3 is 2.56 bits per heavy atom. The molecule has 2 heterocycles. The molecule has 0 atom stereocenters. The molecule has 1 aliphatic rings. The van der Waals surface area contributed by atoms with E-state index < -0.39 is 18.6 Å². The second-order valence-corrected chi connectivity index (χ2v) is 5.97. The van der Waals surface area contributed by atoms with Crippen molar-refractivity contribution in [2.75, 3.05) is 48.4 Å². The number of ether oxygens (including phenoxy) is 1. The van der Waals surface area contributed by atoms with Gasteiger partial charge in [-0.2, -0.15) is 13.2 Å². The van der Waals surface area contributed by atoms with E-state index in [-0.39, 0.29) is 17.1 Å². The molecule has 0 aliphatic carbocycles. The fourth-order valence-corrected chi connectivity index (χ4v) is 2.69. The van der Waals surface area contributed by atoms with Crippen LogP contribution >= 0.6 is 0 Å². The lowest BCUT2D eigenvalue weighted by atomic mass is 10.2. The van der Waals surface area contributed by atoms with E-state index in [0.29, 0.717) is 13.2 Å². The summed E-state index contributed by atoms with van der Waals surface area (Å²) < 4.78 is 42.7. The third kappa shape index (κ3) is 5.33. The van der Waals surface area contributed by atoms with Gasteiger partial charge in [-0.15, -0.1) is 0 Å². The van der Waals surface area contributed by atoms with E-state index in [2.05, 4.69) is 20.5 Å². The zero-order chi connectivity index (χ0) is 19.3. The minimum Gasteiger partial charge on any atom is -0.378 e. The van der Waals surface area contributed by atoms with Gasteiger partial charge in [0.25, 0.3) is 5.91 Å². The van der Waals surface area contributed by atoms with Crippen LogP contribution in [-0.4, -0.2) is 49.9 Å². The Hall–Kier alpha value is -2.81. The molecule has 6 nitrogen and oxygen atoms in total. The molecule has 27 heavy (non-hydrogen) atoms. The van der Waals surface area contributed by atoms with Crippen LogP contribution in [0.3, 0.4) is 0 Å². The van der Waals surface area contributed by atoms with Gasteiger partial charge in [0.15, 0.2) is 0 Å². The van der Waals surface area contributed by atoms with Gasteiger partial charge in [-0.25, -0.2) is 0 Å². The summed E-state index contributed by atoms with van der Waals surface area (Å²) in [7, 11) is 0. The van der Waals surface area contributed by atoms with Gasteiger partial charge in [0.2, 0.25) is 0 Å². The normalized spacial score (nSPS) is 14.7. The number of halogens is 3. The van der Waals surface area contributed by atoms with Gasteiger partial charge in [0.05, 0.1) is 24.6 Å². The van der Waals surface area contributed by atoms with Crippen LogP contribution in [0, 0.1) is 0 Å². The smallest absolute Gasteiger partial charge is 0.378 e. The number of pyridine rings is 1. The molecule has 1 aliphatic heterocycles. The van der Waals surface area contributed by atoms with Gasteiger partial charge in [-0.1, -0.05) is 12.1 Å². The van der Waals surface area contributed by atoms with E-state index in [4.69, 9.17) is 4.74 Å². The monoisotopic (exact) mass is 380 g/mol. The van der Waals surface area contributed by atoms with Crippen molar-refractivity contribution in [2.24, 2.45) is 0 Å². The molecule has 1 aromatic heterocycles. The van der Waals surface area contributed by atoms with Gasteiger partial charge in [0.1, 0.15) is 12.2 Å².